The summed E-state index contributed by atoms with van der Waals surface area (Å²) in [5.74, 6) is -0.691. The van der Waals surface area contributed by atoms with Crippen molar-refractivity contribution in [2.75, 3.05) is 5.32 Å². The Morgan fingerprint density at radius 3 is 2.35 bits per heavy atom. The van der Waals surface area contributed by atoms with Gasteiger partial charge in [-0.3, -0.25) is 10.1 Å². The van der Waals surface area contributed by atoms with E-state index in [9.17, 15) is 13.2 Å². The predicted molar refractivity (Wildman–Crippen MR) is 137 cm³/mol. The van der Waals surface area contributed by atoms with Crippen molar-refractivity contribution in [3.05, 3.63) is 59.7 Å². The highest BCUT2D eigenvalue weighted by Crippen LogP contribution is 2.28. The van der Waals surface area contributed by atoms with Crippen LogP contribution in [0.2, 0.25) is 0 Å². The van der Waals surface area contributed by atoms with Crippen LogP contribution in [-0.2, 0) is 20.2 Å². The first-order valence-corrected chi connectivity index (χ1v) is 13.5. The molecule has 0 fully saturated rings. The average molecular weight is 501 g/mol. The minimum atomic E-state index is -3.90. The van der Waals surface area contributed by atoms with Gasteiger partial charge in [-0.2, -0.15) is 4.72 Å². The second-order valence-corrected chi connectivity index (χ2v) is 12.2. The fraction of sp³-hybridized carbons (Fsp3) is 0.400. The Morgan fingerprint density at radius 2 is 1.76 bits per heavy atom. The summed E-state index contributed by atoms with van der Waals surface area (Å²) >= 11 is 1.25. The molecule has 0 spiro atoms. The molecule has 1 heterocycles. The van der Waals surface area contributed by atoms with Gasteiger partial charge in [-0.05, 0) is 42.0 Å². The van der Waals surface area contributed by atoms with Gasteiger partial charge in [-0.1, -0.05) is 88.3 Å². The molecule has 3 aromatic rings. The Morgan fingerprint density at radius 1 is 1.09 bits per heavy atom. The van der Waals surface area contributed by atoms with E-state index in [1.807, 2.05) is 45.0 Å². The number of benzene rings is 2. The summed E-state index contributed by atoms with van der Waals surface area (Å²) < 4.78 is 28.8. The molecule has 9 heteroatoms. The van der Waals surface area contributed by atoms with Gasteiger partial charge in [0, 0.05) is 5.56 Å². The van der Waals surface area contributed by atoms with Crippen molar-refractivity contribution < 1.29 is 13.2 Å². The molecule has 34 heavy (non-hydrogen) atoms. The molecule has 2 unspecified atom stereocenters. The van der Waals surface area contributed by atoms with Crippen molar-refractivity contribution in [2.45, 2.75) is 64.3 Å². The van der Waals surface area contributed by atoms with Gasteiger partial charge in [-0.25, -0.2) is 8.42 Å². The van der Waals surface area contributed by atoms with E-state index in [0.717, 1.165) is 16.7 Å². The summed E-state index contributed by atoms with van der Waals surface area (Å²) in [5.41, 5.74) is 2.95. The molecule has 2 atom stereocenters. The first-order chi connectivity index (χ1) is 15.9. The Balaban J connectivity index is 1.78. The van der Waals surface area contributed by atoms with E-state index in [1.165, 1.54) is 11.3 Å². The molecule has 0 saturated carbocycles. The van der Waals surface area contributed by atoms with Gasteiger partial charge in [0.1, 0.15) is 11.0 Å². The molecule has 182 valence electrons. The number of rotatable bonds is 8. The van der Waals surface area contributed by atoms with Gasteiger partial charge in [-0.15, -0.1) is 10.2 Å². The molecule has 0 aliphatic heterocycles. The molecule has 0 saturated heterocycles. The molecule has 0 bridgehead atoms. The highest BCUT2D eigenvalue weighted by Gasteiger charge is 2.30. The SMILES string of the molecule is CCC(C)C(NS(=O)(=O)c1ccc(C(C)(C)C)cc1)C(=O)Nc1nnc(-c2cccc(C)c2)s1. The summed E-state index contributed by atoms with van der Waals surface area (Å²) in [7, 11) is -3.90. The first-order valence-electron chi connectivity index (χ1n) is 11.2. The maximum atomic E-state index is 13.1. The van der Waals surface area contributed by atoms with Crippen LogP contribution >= 0.6 is 11.3 Å². The second kappa shape index (κ2) is 10.3. The number of anilines is 1. The third kappa shape index (κ3) is 6.28. The number of nitrogens with zero attached hydrogens (tertiary/aromatic N) is 2. The lowest BCUT2D eigenvalue weighted by Crippen LogP contribution is -2.47. The molecule has 1 aromatic heterocycles. The normalized spacial score (nSPS) is 13.9. The third-order valence-electron chi connectivity index (χ3n) is 5.73. The number of aromatic nitrogens is 2. The van der Waals surface area contributed by atoms with Crippen LogP contribution in [0.15, 0.2) is 53.4 Å². The fourth-order valence-corrected chi connectivity index (χ4v) is 5.43. The van der Waals surface area contributed by atoms with Crippen LogP contribution in [0.4, 0.5) is 5.13 Å². The molecule has 2 N–H and O–H groups in total. The van der Waals surface area contributed by atoms with Gasteiger partial charge in [0.2, 0.25) is 21.1 Å². The zero-order chi connectivity index (χ0) is 25.1. The number of hydrogen-bond donors (Lipinski definition) is 2. The van der Waals surface area contributed by atoms with E-state index in [1.54, 1.807) is 24.3 Å². The molecular formula is C25H32N4O3S2. The molecule has 0 aliphatic rings. The second-order valence-electron chi connectivity index (χ2n) is 9.53. The molecule has 0 aliphatic carbocycles. The third-order valence-corrected chi connectivity index (χ3v) is 8.07. The Hall–Kier alpha value is -2.62. The largest absolute Gasteiger partial charge is 0.299 e. The number of amides is 1. The maximum absolute atomic E-state index is 13.1. The van der Waals surface area contributed by atoms with Crippen molar-refractivity contribution in [2.24, 2.45) is 5.92 Å². The van der Waals surface area contributed by atoms with Crippen LogP contribution in [0, 0.1) is 12.8 Å². The zero-order valence-electron chi connectivity index (χ0n) is 20.4. The van der Waals surface area contributed by atoms with E-state index >= 15 is 0 Å². The number of nitrogens with one attached hydrogen (secondary N) is 2. The summed E-state index contributed by atoms with van der Waals surface area (Å²) in [4.78, 5) is 13.2. The van der Waals surface area contributed by atoms with Crippen molar-refractivity contribution in [3.63, 3.8) is 0 Å². The Labute approximate surface area is 206 Å². The van der Waals surface area contributed by atoms with E-state index in [-0.39, 0.29) is 16.2 Å². The Bertz CT molecular complexity index is 1250. The lowest BCUT2D eigenvalue weighted by Gasteiger charge is -2.23. The summed E-state index contributed by atoms with van der Waals surface area (Å²) in [5, 5.41) is 12.0. The van der Waals surface area contributed by atoms with Gasteiger partial charge < -0.3 is 0 Å². The van der Waals surface area contributed by atoms with Crippen LogP contribution in [0.1, 0.15) is 52.2 Å². The number of carbonyl (C=O) groups excluding carboxylic acids is 1. The number of aryl methyl sites for hydroxylation is 1. The summed E-state index contributed by atoms with van der Waals surface area (Å²) in [6.45, 7) is 11.9. The van der Waals surface area contributed by atoms with Crippen LogP contribution in [-0.4, -0.2) is 30.6 Å². The highest BCUT2D eigenvalue weighted by atomic mass is 32.2. The predicted octanol–water partition coefficient (Wildman–Crippen LogP) is 5.14. The quantitative estimate of drug-likeness (QED) is 0.446. The molecule has 3 rings (SSSR count). The molecule has 7 nitrogen and oxygen atoms in total. The lowest BCUT2D eigenvalue weighted by molar-refractivity contribution is -0.118. The van der Waals surface area contributed by atoms with Crippen molar-refractivity contribution in [3.8, 4) is 10.6 Å². The zero-order valence-corrected chi connectivity index (χ0v) is 22.0. The van der Waals surface area contributed by atoms with Crippen molar-refractivity contribution in [1.82, 2.24) is 14.9 Å². The number of hydrogen-bond acceptors (Lipinski definition) is 6. The number of sulfonamides is 1. The van der Waals surface area contributed by atoms with E-state index in [2.05, 4.69) is 41.0 Å². The summed E-state index contributed by atoms with van der Waals surface area (Å²) in [6, 6.07) is 13.7. The molecule has 0 radical (unpaired) electrons. The van der Waals surface area contributed by atoms with Crippen molar-refractivity contribution >= 4 is 32.4 Å². The van der Waals surface area contributed by atoms with Gasteiger partial charge in [0.15, 0.2) is 0 Å². The van der Waals surface area contributed by atoms with Gasteiger partial charge in [0.05, 0.1) is 4.90 Å². The Kier molecular flexibility index (Phi) is 7.90. The van der Waals surface area contributed by atoms with Crippen LogP contribution in [0.3, 0.4) is 0 Å². The molecular weight excluding hydrogens is 468 g/mol. The monoisotopic (exact) mass is 500 g/mol. The van der Waals surface area contributed by atoms with Crippen molar-refractivity contribution in [1.29, 1.82) is 0 Å². The topological polar surface area (TPSA) is 101 Å². The number of carbonyl (C=O) groups is 1. The van der Waals surface area contributed by atoms with Crippen LogP contribution < -0.4 is 10.0 Å². The molecule has 2 aromatic carbocycles. The lowest BCUT2D eigenvalue weighted by atomic mass is 9.87. The molecule has 1 amide bonds. The van der Waals surface area contributed by atoms with Gasteiger partial charge >= 0.3 is 0 Å². The van der Waals surface area contributed by atoms with Gasteiger partial charge in [0.25, 0.3) is 0 Å². The highest BCUT2D eigenvalue weighted by molar-refractivity contribution is 7.89. The van der Waals surface area contributed by atoms with Crippen LogP contribution in [0.5, 0.6) is 0 Å². The smallest absolute Gasteiger partial charge is 0.244 e. The summed E-state index contributed by atoms with van der Waals surface area (Å²) in [6.07, 6.45) is 0.619. The standard InChI is InChI=1S/C25H32N4O3S2/c1-7-17(3)21(29-34(31,32)20-13-11-19(12-14-20)25(4,5)6)22(30)26-24-28-27-23(33-24)18-10-8-9-16(2)15-18/h8-15,17,21,29H,7H2,1-6H3,(H,26,28,30). The minimum absolute atomic E-state index is 0.0894. The average Bonchev–Trinajstić information content (AvgIpc) is 3.25. The van der Waals surface area contributed by atoms with E-state index in [4.69, 9.17) is 0 Å². The first kappa shape index (κ1) is 26.0. The van der Waals surface area contributed by atoms with E-state index < -0.39 is 22.0 Å². The fourth-order valence-electron chi connectivity index (χ4n) is 3.38. The van der Waals surface area contributed by atoms with E-state index in [0.29, 0.717) is 16.6 Å². The maximum Gasteiger partial charge on any atom is 0.244 e. The van der Waals surface area contributed by atoms with Crippen LogP contribution in [0.25, 0.3) is 10.6 Å². The minimum Gasteiger partial charge on any atom is -0.299 e.